The van der Waals surface area contributed by atoms with E-state index in [1.807, 2.05) is 6.92 Å². The number of benzene rings is 2. The Morgan fingerprint density at radius 1 is 1.06 bits per heavy atom. The second-order valence-electron chi connectivity index (χ2n) is 4.18. The van der Waals surface area contributed by atoms with Crippen LogP contribution in [0.15, 0.2) is 42.5 Å². The smallest absolute Gasteiger partial charge is 0.167 e. The van der Waals surface area contributed by atoms with Crippen molar-refractivity contribution in [1.82, 2.24) is 0 Å². The average molecular weight is 246 g/mol. The molecule has 0 atom stereocenters. The van der Waals surface area contributed by atoms with E-state index in [0.29, 0.717) is 11.1 Å². The van der Waals surface area contributed by atoms with Gasteiger partial charge in [-0.05, 0) is 42.3 Å². The van der Waals surface area contributed by atoms with Crippen molar-refractivity contribution < 1.29 is 13.6 Å². The maximum absolute atomic E-state index is 13.1. The summed E-state index contributed by atoms with van der Waals surface area (Å²) in [5, 5.41) is 0. The molecule has 0 aliphatic carbocycles. The minimum absolute atomic E-state index is 0.0764. The minimum atomic E-state index is -0.447. The molecule has 1 nitrogen and oxygen atoms in total. The number of halogens is 2. The molecule has 0 aromatic heterocycles. The third-order valence-electron chi connectivity index (χ3n) is 2.81. The molecule has 0 N–H and O–H groups in total. The van der Waals surface area contributed by atoms with Gasteiger partial charge in [0.05, 0.1) is 0 Å². The maximum Gasteiger partial charge on any atom is 0.167 e. The van der Waals surface area contributed by atoms with Crippen LogP contribution in [0.1, 0.15) is 21.5 Å². The molecule has 18 heavy (non-hydrogen) atoms. The van der Waals surface area contributed by atoms with E-state index in [1.54, 1.807) is 12.1 Å². The third kappa shape index (κ3) is 2.80. The summed E-state index contributed by atoms with van der Waals surface area (Å²) in [7, 11) is 0. The van der Waals surface area contributed by atoms with Gasteiger partial charge in [-0.15, -0.1) is 0 Å². The molecule has 0 fully saturated rings. The molecule has 0 aliphatic heterocycles. The zero-order valence-electron chi connectivity index (χ0n) is 9.91. The van der Waals surface area contributed by atoms with Gasteiger partial charge < -0.3 is 0 Å². The van der Waals surface area contributed by atoms with Crippen LogP contribution in [0, 0.1) is 18.6 Å². The number of carbonyl (C=O) groups is 1. The van der Waals surface area contributed by atoms with Crippen LogP contribution in [0.5, 0.6) is 0 Å². The molecule has 0 saturated heterocycles. The summed E-state index contributed by atoms with van der Waals surface area (Å²) in [4.78, 5) is 11.9. The van der Waals surface area contributed by atoms with Crippen molar-refractivity contribution in [2.24, 2.45) is 0 Å². The molecule has 0 spiro atoms. The van der Waals surface area contributed by atoms with Gasteiger partial charge >= 0.3 is 0 Å². The summed E-state index contributed by atoms with van der Waals surface area (Å²) in [6.45, 7) is 1.81. The Bertz CT molecular complexity index is 591. The molecule has 3 heteroatoms. The van der Waals surface area contributed by atoms with Gasteiger partial charge in [0, 0.05) is 12.0 Å². The first-order valence-corrected chi connectivity index (χ1v) is 5.60. The predicted molar refractivity (Wildman–Crippen MR) is 65.6 cm³/mol. The lowest BCUT2D eigenvalue weighted by Crippen LogP contribution is -2.05. The number of rotatable bonds is 3. The van der Waals surface area contributed by atoms with Crippen LogP contribution >= 0.6 is 0 Å². The molecule has 0 radical (unpaired) electrons. The molecule has 2 rings (SSSR count). The van der Waals surface area contributed by atoms with Crippen LogP contribution in [0.4, 0.5) is 8.78 Å². The van der Waals surface area contributed by atoms with Crippen molar-refractivity contribution in [2.45, 2.75) is 13.3 Å². The summed E-state index contributed by atoms with van der Waals surface area (Å²) < 4.78 is 26.1. The topological polar surface area (TPSA) is 17.1 Å². The van der Waals surface area contributed by atoms with E-state index in [1.165, 1.54) is 30.3 Å². The van der Waals surface area contributed by atoms with Crippen LogP contribution in [-0.2, 0) is 6.42 Å². The standard InChI is InChI=1S/C15H12F2O/c1-10-5-6-14(17)8-12(10)9-15(18)11-3-2-4-13(16)7-11/h2-8H,9H2,1H3. The van der Waals surface area contributed by atoms with Crippen LogP contribution in [-0.4, -0.2) is 5.78 Å². The lowest BCUT2D eigenvalue weighted by molar-refractivity contribution is 0.0992. The van der Waals surface area contributed by atoms with Gasteiger partial charge in [0.1, 0.15) is 11.6 Å². The highest BCUT2D eigenvalue weighted by molar-refractivity contribution is 5.97. The number of hydrogen-bond acceptors (Lipinski definition) is 1. The maximum atomic E-state index is 13.1. The monoisotopic (exact) mass is 246 g/mol. The van der Waals surface area contributed by atoms with Crippen molar-refractivity contribution in [2.75, 3.05) is 0 Å². The molecular formula is C15H12F2O. The molecule has 92 valence electrons. The second-order valence-corrected chi connectivity index (χ2v) is 4.18. The largest absolute Gasteiger partial charge is 0.294 e. The highest BCUT2D eigenvalue weighted by atomic mass is 19.1. The van der Waals surface area contributed by atoms with Crippen molar-refractivity contribution in [3.8, 4) is 0 Å². The second kappa shape index (κ2) is 5.08. The zero-order valence-corrected chi connectivity index (χ0v) is 9.91. The molecule has 0 saturated carbocycles. The van der Waals surface area contributed by atoms with Gasteiger partial charge in [-0.25, -0.2) is 8.78 Å². The molecule has 0 heterocycles. The van der Waals surface area contributed by atoms with E-state index in [2.05, 4.69) is 0 Å². The van der Waals surface area contributed by atoms with Gasteiger partial charge in [-0.2, -0.15) is 0 Å². The fourth-order valence-corrected chi connectivity index (χ4v) is 1.77. The first-order valence-electron chi connectivity index (χ1n) is 5.60. The Morgan fingerprint density at radius 3 is 2.50 bits per heavy atom. The van der Waals surface area contributed by atoms with Crippen LogP contribution < -0.4 is 0 Å². The van der Waals surface area contributed by atoms with Crippen molar-refractivity contribution in [1.29, 1.82) is 0 Å². The van der Waals surface area contributed by atoms with Crippen LogP contribution in [0.3, 0.4) is 0 Å². The summed E-state index contributed by atoms with van der Waals surface area (Å²) in [6.07, 6.45) is 0.0764. The van der Waals surface area contributed by atoms with Crippen molar-refractivity contribution in [3.63, 3.8) is 0 Å². The van der Waals surface area contributed by atoms with E-state index in [-0.39, 0.29) is 18.0 Å². The normalized spacial score (nSPS) is 10.4. The molecule has 2 aromatic carbocycles. The summed E-state index contributed by atoms with van der Waals surface area (Å²) in [5.41, 5.74) is 1.78. The first-order chi connectivity index (χ1) is 8.56. The van der Waals surface area contributed by atoms with Crippen LogP contribution in [0.25, 0.3) is 0 Å². The minimum Gasteiger partial charge on any atom is -0.294 e. The summed E-state index contributed by atoms with van der Waals surface area (Å²) >= 11 is 0. The number of aryl methyl sites for hydroxylation is 1. The quantitative estimate of drug-likeness (QED) is 0.755. The average Bonchev–Trinajstić information content (AvgIpc) is 2.34. The fraction of sp³-hybridized carbons (Fsp3) is 0.133. The number of ketones is 1. The Hall–Kier alpha value is -2.03. The summed E-state index contributed by atoms with van der Waals surface area (Å²) in [5.74, 6) is -1.04. The fourth-order valence-electron chi connectivity index (χ4n) is 1.77. The number of Topliss-reactive ketones (excluding diaryl/α,β-unsaturated/α-hetero) is 1. The summed E-state index contributed by atoms with van der Waals surface area (Å²) in [6, 6.07) is 9.84. The van der Waals surface area contributed by atoms with E-state index in [0.717, 1.165) is 5.56 Å². The zero-order chi connectivity index (χ0) is 13.1. The SMILES string of the molecule is Cc1ccc(F)cc1CC(=O)c1cccc(F)c1. The van der Waals surface area contributed by atoms with E-state index in [9.17, 15) is 13.6 Å². The third-order valence-corrected chi connectivity index (χ3v) is 2.81. The molecular weight excluding hydrogens is 234 g/mol. The highest BCUT2D eigenvalue weighted by Gasteiger charge is 2.10. The predicted octanol–water partition coefficient (Wildman–Crippen LogP) is 3.70. The molecule has 2 aromatic rings. The Balaban J connectivity index is 2.24. The lowest BCUT2D eigenvalue weighted by atomic mass is 9.99. The number of carbonyl (C=O) groups excluding carboxylic acids is 1. The Morgan fingerprint density at radius 2 is 1.78 bits per heavy atom. The molecule has 0 unspecified atom stereocenters. The Kier molecular flexibility index (Phi) is 3.51. The van der Waals surface area contributed by atoms with Crippen molar-refractivity contribution >= 4 is 5.78 Å². The highest BCUT2D eigenvalue weighted by Crippen LogP contribution is 2.14. The van der Waals surface area contributed by atoms with Crippen molar-refractivity contribution in [3.05, 3.63) is 70.8 Å². The van der Waals surface area contributed by atoms with E-state index in [4.69, 9.17) is 0 Å². The van der Waals surface area contributed by atoms with Gasteiger partial charge in [0.2, 0.25) is 0 Å². The van der Waals surface area contributed by atoms with Gasteiger partial charge in [0.25, 0.3) is 0 Å². The molecule has 0 amide bonds. The van der Waals surface area contributed by atoms with E-state index >= 15 is 0 Å². The lowest BCUT2D eigenvalue weighted by Gasteiger charge is -2.05. The van der Waals surface area contributed by atoms with Gasteiger partial charge in [0.15, 0.2) is 5.78 Å². The molecule has 0 bridgehead atoms. The van der Waals surface area contributed by atoms with E-state index < -0.39 is 5.82 Å². The first kappa shape index (κ1) is 12.4. The Labute approximate surface area is 104 Å². The molecule has 0 aliphatic rings. The number of hydrogen-bond donors (Lipinski definition) is 0. The van der Waals surface area contributed by atoms with Gasteiger partial charge in [-0.1, -0.05) is 18.2 Å². The van der Waals surface area contributed by atoms with Crippen LogP contribution in [0.2, 0.25) is 0 Å². The van der Waals surface area contributed by atoms with Gasteiger partial charge in [-0.3, -0.25) is 4.79 Å².